The van der Waals surface area contributed by atoms with E-state index in [1.54, 1.807) is 12.5 Å². The number of ketones is 1. The molecule has 3 aliphatic rings. The number of hydrogen-bond donors (Lipinski definition) is 0. The second-order valence-electron chi connectivity index (χ2n) is 11.5. The number of Topliss-reactive ketones (excluding diaryl/α,β-unsaturated/α-hetero) is 1. The molecule has 0 bridgehead atoms. The molecule has 1 nitrogen and oxygen atoms in total. The smallest absolute Gasteiger partial charge is 0.133 e. The van der Waals surface area contributed by atoms with E-state index in [1.165, 1.54) is 43.3 Å². The molecule has 0 aromatic heterocycles. The molecule has 0 N–H and O–H groups in total. The summed E-state index contributed by atoms with van der Waals surface area (Å²) in [5.41, 5.74) is 4.65. The summed E-state index contributed by atoms with van der Waals surface area (Å²) in [5.74, 6) is 4.07. The van der Waals surface area contributed by atoms with E-state index in [-0.39, 0.29) is 5.92 Å². The van der Waals surface area contributed by atoms with Crippen molar-refractivity contribution in [2.24, 2.45) is 40.9 Å². The quantitative estimate of drug-likeness (QED) is 0.392. The SMILES string of the molecule is C=C1CC[C@H](C(C)=O)C/C1=C\C=C1/CCCC2(C)C1CC[C@@H]2[C@H](C)/C=C/[C@H](C)C(C)C. The lowest BCUT2D eigenvalue weighted by molar-refractivity contribution is -0.121. The van der Waals surface area contributed by atoms with Crippen molar-refractivity contribution in [2.75, 3.05) is 0 Å². The number of hydrogen-bond acceptors (Lipinski definition) is 1. The second-order valence-corrected chi connectivity index (χ2v) is 11.5. The fraction of sp³-hybridized carbons (Fsp3) is 0.700. The highest BCUT2D eigenvalue weighted by Gasteiger charge is 2.50. The maximum absolute atomic E-state index is 11.9. The number of allylic oxidation sites excluding steroid dienone is 7. The van der Waals surface area contributed by atoms with Gasteiger partial charge in [-0.2, -0.15) is 0 Å². The Morgan fingerprint density at radius 3 is 2.48 bits per heavy atom. The topological polar surface area (TPSA) is 17.1 Å². The fourth-order valence-corrected chi connectivity index (χ4v) is 6.61. The lowest BCUT2D eigenvalue weighted by Crippen LogP contribution is -2.35. The number of carbonyl (C=O) groups is 1. The first-order valence-corrected chi connectivity index (χ1v) is 12.9. The van der Waals surface area contributed by atoms with Crippen molar-refractivity contribution in [2.45, 2.75) is 92.9 Å². The lowest BCUT2D eigenvalue weighted by Gasteiger charge is -2.44. The van der Waals surface area contributed by atoms with Gasteiger partial charge in [-0.3, -0.25) is 4.79 Å². The molecular weight excluding hydrogens is 376 g/mol. The molecule has 1 heteroatoms. The summed E-state index contributed by atoms with van der Waals surface area (Å²) in [4.78, 5) is 11.9. The molecule has 0 amide bonds. The Bertz CT molecular complexity index is 763. The standard InChI is InChI=1S/C30H46O/c1-20(2)21(3)10-11-23(5)28-16-17-29-25(9-8-18-30(28,29)7)14-15-26-19-27(24(6)31)13-12-22(26)4/h10-11,14-15,20-21,23,27-29H,4,8-9,12-13,16-19H2,1-3,5-7H3/b11-10+,25-14+,26-15+/t21-,23+,27-,28+,29?,30?/m0/s1. The highest BCUT2D eigenvalue weighted by atomic mass is 16.1. The van der Waals surface area contributed by atoms with Crippen molar-refractivity contribution in [1.29, 1.82) is 0 Å². The predicted molar refractivity (Wildman–Crippen MR) is 134 cm³/mol. The van der Waals surface area contributed by atoms with Crippen LogP contribution in [0.3, 0.4) is 0 Å². The van der Waals surface area contributed by atoms with Gasteiger partial charge in [0, 0.05) is 5.92 Å². The summed E-state index contributed by atoms with van der Waals surface area (Å²) in [5, 5.41) is 0. The molecule has 0 radical (unpaired) electrons. The average Bonchev–Trinajstić information content (AvgIpc) is 3.08. The third-order valence-electron chi connectivity index (χ3n) is 9.23. The molecule has 0 spiro atoms. The maximum Gasteiger partial charge on any atom is 0.133 e. The van der Waals surface area contributed by atoms with Crippen molar-refractivity contribution in [3.63, 3.8) is 0 Å². The minimum Gasteiger partial charge on any atom is -0.300 e. The van der Waals surface area contributed by atoms with Crippen molar-refractivity contribution >= 4 is 5.78 Å². The summed E-state index contributed by atoms with van der Waals surface area (Å²) in [7, 11) is 0. The zero-order valence-electron chi connectivity index (χ0n) is 21.0. The molecule has 0 aromatic rings. The number of rotatable bonds is 6. The normalized spacial score (nSPS) is 36.4. The van der Waals surface area contributed by atoms with E-state index in [0.29, 0.717) is 29.0 Å². The monoisotopic (exact) mass is 422 g/mol. The first kappa shape index (κ1) is 24.3. The van der Waals surface area contributed by atoms with Gasteiger partial charge in [0.05, 0.1) is 0 Å². The van der Waals surface area contributed by atoms with Gasteiger partial charge < -0.3 is 0 Å². The molecule has 31 heavy (non-hydrogen) atoms. The number of carbonyl (C=O) groups excluding carboxylic acids is 1. The van der Waals surface area contributed by atoms with E-state index >= 15 is 0 Å². The van der Waals surface area contributed by atoms with E-state index < -0.39 is 0 Å². The maximum atomic E-state index is 11.9. The third-order valence-corrected chi connectivity index (χ3v) is 9.23. The zero-order chi connectivity index (χ0) is 22.8. The van der Waals surface area contributed by atoms with Crippen LogP contribution in [0.25, 0.3) is 0 Å². The van der Waals surface area contributed by atoms with Gasteiger partial charge in [-0.05, 0) is 98.9 Å². The Kier molecular flexibility index (Phi) is 7.87. The van der Waals surface area contributed by atoms with Crippen LogP contribution >= 0.6 is 0 Å². The molecule has 0 saturated heterocycles. The molecule has 172 valence electrons. The minimum absolute atomic E-state index is 0.198. The first-order chi connectivity index (χ1) is 14.6. The summed E-state index contributed by atoms with van der Waals surface area (Å²) >= 11 is 0. The van der Waals surface area contributed by atoms with E-state index in [9.17, 15) is 4.79 Å². The van der Waals surface area contributed by atoms with E-state index in [0.717, 1.165) is 31.1 Å². The lowest BCUT2D eigenvalue weighted by atomic mass is 9.61. The van der Waals surface area contributed by atoms with Gasteiger partial charge in [-0.15, -0.1) is 0 Å². The van der Waals surface area contributed by atoms with E-state index in [4.69, 9.17) is 0 Å². The highest BCUT2D eigenvalue weighted by molar-refractivity contribution is 5.79. The van der Waals surface area contributed by atoms with Crippen LogP contribution in [0.2, 0.25) is 0 Å². The minimum atomic E-state index is 0.198. The first-order valence-electron chi connectivity index (χ1n) is 12.9. The Hall–Kier alpha value is -1.37. The van der Waals surface area contributed by atoms with Crippen LogP contribution in [0.4, 0.5) is 0 Å². The van der Waals surface area contributed by atoms with Crippen LogP contribution in [0, 0.1) is 40.9 Å². The van der Waals surface area contributed by atoms with Crippen LogP contribution in [-0.4, -0.2) is 5.78 Å². The Balaban J connectivity index is 1.76. The van der Waals surface area contributed by atoms with Gasteiger partial charge >= 0.3 is 0 Å². The van der Waals surface area contributed by atoms with E-state index in [1.807, 2.05) is 0 Å². The molecule has 3 aliphatic carbocycles. The van der Waals surface area contributed by atoms with Crippen molar-refractivity contribution in [3.05, 3.63) is 47.6 Å². The zero-order valence-corrected chi connectivity index (χ0v) is 21.0. The van der Waals surface area contributed by atoms with Gasteiger partial charge in [0.25, 0.3) is 0 Å². The van der Waals surface area contributed by atoms with Gasteiger partial charge in [0.15, 0.2) is 0 Å². The highest BCUT2D eigenvalue weighted by Crippen LogP contribution is 2.59. The van der Waals surface area contributed by atoms with Crippen LogP contribution in [0.15, 0.2) is 47.6 Å². The molecule has 2 unspecified atom stereocenters. The summed E-state index contributed by atoms with van der Waals surface area (Å²) < 4.78 is 0. The van der Waals surface area contributed by atoms with Gasteiger partial charge in [-0.1, -0.05) is 76.6 Å². The molecule has 3 rings (SSSR count). The summed E-state index contributed by atoms with van der Waals surface area (Å²) in [6, 6.07) is 0. The van der Waals surface area contributed by atoms with Crippen molar-refractivity contribution in [3.8, 4) is 0 Å². The van der Waals surface area contributed by atoms with E-state index in [2.05, 4.69) is 65.5 Å². The summed E-state index contributed by atoms with van der Waals surface area (Å²) in [6.45, 7) is 18.1. The van der Waals surface area contributed by atoms with Gasteiger partial charge in [-0.25, -0.2) is 0 Å². The van der Waals surface area contributed by atoms with Crippen LogP contribution in [-0.2, 0) is 4.79 Å². The van der Waals surface area contributed by atoms with Crippen molar-refractivity contribution < 1.29 is 4.79 Å². The Labute approximate surface area is 192 Å². The Morgan fingerprint density at radius 2 is 1.81 bits per heavy atom. The third kappa shape index (κ3) is 5.35. The molecule has 0 aliphatic heterocycles. The molecule has 0 aromatic carbocycles. The average molecular weight is 423 g/mol. The number of fused-ring (bicyclic) bond motifs is 1. The molecule has 6 atom stereocenters. The van der Waals surface area contributed by atoms with Crippen LogP contribution < -0.4 is 0 Å². The molecule has 3 fully saturated rings. The molecule has 0 heterocycles. The molecular formula is C30H46O. The summed E-state index contributed by atoms with van der Waals surface area (Å²) in [6.07, 6.45) is 19.2. The Morgan fingerprint density at radius 1 is 1.06 bits per heavy atom. The van der Waals surface area contributed by atoms with Crippen LogP contribution in [0.1, 0.15) is 92.9 Å². The largest absolute Gasteiger partial charge is 0.300 e. The predicted octanol–water partition coefficient (Wildman–Crippen LogP) is 8.49. The molecule has 3 saturated carbocycles. The van der Waals surface area contributed by atoms with Crippen LogP contribution in [0.5, 0.6) is 0 Å². The van der Waals surface area contributed by atoms with Gasteiger partial charge in [0.2, 0.25) is 0 Å². The van der Waals surface area contributed by atoms with Gasteiger partial charge in [0.1, 0.15) is 5.78 Å². The fourth-order valence-electron chi connectivity index (χ4n) is 6.61. The second kappa shape index (κ2) is 10.1. The van der Waals surface area contributed by atoms with Crippen molar-refractivity contribution in [1.82, 2.24) is 0 Å².